The van der Waals surface area contributed by atoms with Crippen molar-refractivity contribution in [3.05, 3.63) is 0 Å². The van der Waals surface area contributed by atoms with Crippen molar-refractivity contribution < 1.29 is 18.7 Å². The molecule has 0 aromatic rings. The molecule has 0 aromatic carbocycles. The van der Waals surface area contributed by atoms with E-state index in [9.17, 15) is 13.6 Å². The Labute approximate surface area is 94.4 Å². The van der Waals surface area contributed by atoms with Crippen molar-refractivity contribution in [2.75, 3.05) is 26.2 Å². The minimum Gasteiger partial charge on any atom is -0.395 e. The van der Waals surface area contributed by atoms with E-state index in [0.717, 1.165) is 17.7 Å². The lowest BCUT2D eigenvalue weighted by Crippen LogP contribution is -2.37. The van der Waals surface area contributed by atoms with Gasteiger partial charge in [-0.1, -0.05) is 6.42 Å². The number of alkyl halides is 2. The number of amides is 1. The number of rotatable bonds is 9. The van der Waals surface area contributed by atoms with E-state index in [1.165, 1.54) is 0 Å². The number of carbonyl (C=O) groups is 1. The molecule has 0 saturated heterocycles. The van der Waals surface area contributed by atoms with Crippen LogP contribution in [0.15, 0.2) is 0 Å². The molecule has 6 heteroatoms. The van der Waals surface area contributed by atoms with Crippen LogP contribution in [0.1, 0.15) is 25.7 Å². The summed E-state index contributed by atoms with van der Waals surface area (Å²) in [6.07, 6.45) is -0.000493. The van der Waals surface area contributed by atoms with Gasteiger partial charge in [-0.3, -0.25) is 4.79 Å². The molecule has 4 nitrogen and oxygen atoms in total. The summed E-state index contributed by atoms with van der Waals surface area (Å²) in [6.45, 7) is -0.344. The van der Waals surface area contributed by atoms with Crippen LogP contribution in [0.3, 0.4) is 0 Å². The zero-order valence-electron chi connectivity index (χ0n) is 9.37. The lowest BCUT2D eigenvalue weighted by Gasteiger charge is -2.21. The number of nitrogens with two attached hydrogens (primary N) is 1. The fourth-order valence-corrected chi connectivity index (χ4v) is 1.36. The van der Waals surface area contributed by atoms with E-state index in [4.69, 9.17) is 10.8 Å². The van der Waals surface area contributed by atoms with E-state index in [1.807, 2.05) is 0 Å². The van der Waals surface area contributed by atoms with Crippen LogP contribution in [0.4, 0.5) is 8.78 Å². The molecule has 0 radical (unpaired) electrons. The van der Waals surface area contributed by atoms with E-state index in [-0.39, 0.29) is 25.5 Å². The van der Waals surface area contributed by atoms with E-state index in [1.54, 1.807) is 0 Å². The van der Waals surface area contributed by atoms with Crippen LogP contribution >= 0.6 is 0 Å². The number of hydrogen-bond acceptors (Lipinski definition) is 3. The van der Waals surface area contributed by atoms with Crippen molar-refractivity contribution in [3.63, 3.8) is 0 Å². The zero-order valence-corrected chi connectivity index (χ0v) is 9.37. The smallest absolute Gasteiger partial charge is 0.255 e. The first-order valence-electron chi connectivity index (χ1n) is 5.48. The molecule has 0 unspecified atom stereocenters. The molecule has 0 atom stereocenters. The molecular formula is C10H20F2N2O2. The summed E-state index contributed by atoms with van der Waals surface area (Å²) >= 11 is 0. The van der Waals surface area contributed by atoms with Gasteiger partial charge in [0.25, 0.3) is 6.43 Å². The van der Waals surface area contributed by atoms with E-state index < -0.39 is 13.0 Å². The van der Waals surface area contributed by atoms with Crippen LogP contribution in [-0.4, -0.2) is 48.6 Å². The van der Waals surface area contributed by atoms with E-state index in [2.05, 4.69) is 0 Å². The Kier molecular flexibility index (Phi) is 9.03. The van der Waals surface area contributed by atoms with Crippen LogP contribution in [-0.2, 0) is 4.79 Å². The topological polar surface area (TPSA) is 66.6 Å². The highest BCUT2D eigenvalue weighted by atomic mass is 19.3. The van der Waals surface area contributed by atoms with Crippen molar-refractivity contribution in [1.82, 2.24) is 4.90 Å². The van der Waals surface area contributed by atoms with Gasteiger partial charge in [0.05, 0.1) is 13.2 Å². The summed E-state index contributed by atoms with van der Waals surface area (Å²) in [6, 6.07) is 0. The Morgan fingerprint density at radius 2 is 2.00 bits per heavy atom. The number of unbranched alkanes of at least 4 members (excludes halogenated alkanes) is 2. The van der Waals surface area contributed by atoms with Crippen molar-refractivity contribution >= 4 is 5.91 Å². The molecule has 3 N–H and O–H groups in total. The third-order valence-corrected chi connectivity index (χ3v) is 2.18. The zero-order chi connectivity index (χ0) is 12.4. The molecule has 16 heavy (non-hydrogen) atoms. The molecule has 0 aromatic heterocycles. The highest BCUT2D eigenvalue weighted by Gasteiger charge is 2.16. The lowest BCUT2D eigenvalue weighted by molar-refractivity contribution is -0.133. The fraction of sp³-hybridized carbons (Fsp3) is 0.900. The summed E-state index contributed by atoms with van der Waals surface area (Å²) in [5.74, 6) is -0.327. The number of carbonyl (C=O) groups excluding carboxylic acids is 1. The molecule has 0 bridgehead atoms. The quantitative estimate of drug-likeness (QED) is 0.578. The minimum absolute atomic E-state index is 0.0277. The number of nitrogens with zero attached hydrogens (tertiary/aromatic N) is 1. The Hall–Kier alpha value is -0.750. The largest absolute Gasteiger partial charge is 0.395 e. The first-order valence-corrected chi connectivity index (χ1v) is 5.48. The van der Waals surface area contributed by atoms with Gasteiger partial charge in [-0.15, -0.1) is 0 Å². The van der Waals surface area contributed by atoms with Gasteiger partial charge in [0.15, 0.2) is 0 Å². The molecule has 0 saturated carbocycles. The van der Waals surface area contributed by atoms with Crippen molar-refractivity contribution in [2.45, 2.75) is 32.1 Å². The molecule has 0 aliphatic carbocycles. The van der Waals surface area contributed by atoms with Crippen LogP contribution in [0.2, 0.25) is 0 Å². The van der Waals surface area contributed by atoms with Crippen LogP contribution in [0.5, 0.6) is 0 Å². The van der Waals surface area contributed by atoms with Gasteiger partial charge in [0.2, 0.25) is 5.91 Å². The summed E-state index contributed by atoms with van der Waals surface area (Å²) in [5, 5.41) is 8.65. The van der Waals surface area contributed by atoms with E-state index >= 15 is 0 Å². The summed E-state index contributed by atoms with van der Waals surface area (Å²) in [7, 11) is 0. The number of aliphatic hydroxyl groups excluding tert-OH is 1. The molecular weight excluding hydrogens is 218 g/mol. The minimum atomic E-state index is -2.56. The second-order valence-corrected chi connectivity index (χ2v) is 3.55. The number of halogens is 2. The Morgan fingerprint density at radius 1 is 1.31 bits per heavy atom. The molecule has 1 amide bonds. The Balaban J connectivity index is 3.87. The number of aliphatic hydroxyl groups is 1. The first kappa shape index (κ1) is 15.2. The van der Waals surface area contributed by atoms with Gasteiger partial charge in [0.1, 0.15) is 0 Å². The highest BCUT2D eigenvalue weighted by Crippen LogP contribution is 2.05. The van der Waals surface area contributed by atoms with Gasteiger partial charge in [-0.2, -0.15) is 0 Å². The average Bonchev–Trinajstić information content (AvgIpc) is 2.23. The van der Waals surface area contributed by atoms with Crippen LogP contribution in [0, 0.1) is 0 Å². The molecule has 0 spiro atoms. The van der Waals surface area contributed by atoms with Crippen molar-refractivity contribution in [2.24, 2.45) is 5.73 Å². The standard InChI is InChI=1S/C10H20F2N2O2/c11-9(12)8-14(6-7-15)10(16)4-2-1-3-5-13/h9,15H,1-8,13H2. The second-order valence-electron chi connectivity index (χ2n) is 3.55. The van der Waals surface area contributed by atoms with Crippen molar-refractivity contribution in [3.8, 4) is 0 Å². The normalized spacial score (nSPS) is 10.8. The van der Waals surface area contributed by atoms with E-state index in [0.29, 0.717) is 13.0 Å². The summed E-state index contributed by atoms with van der Waals surface area (Å²) < 4.78 is 24.2. The second kappa shape index (κ2) is 9.47. The molecule has 0 fully saturated rings. The van der Waals surface area contributed by atoms with Crippen LogP contribution in [0.25, 0.3) is 0 Å². The predicted octanol–water partition coefficient (Wildman–Crippen LogP) is 0.592. The summed E-state index contributed by atoms with van der Waals surface area (Å²) in [5.41, 5.74) is 5.29. The molecule has 96 valence electrons. The maximum Gasteiger partial charge on any atom is 0.255 e. The maximum atomic E-state index is 12.1. The van der Waals surface area contributed by atoms with Crippen LogP contribution < -0.4 is 5.73 Å². The van der Waals surface area contributed by atoms with Gasteiger partial charge in [-0.25, -0.2) is 8.78 Å². The fourth-order valence-electron chi connectivity index (χ4n) is 1.36. The molecule has 0 aliphatic heterocycles. The first-order chi connectivity index (χ1) is 7.61. The average molecular weight is 238 g/mol. The highest BCUT2D eigenvalue weighted by molar-refractivity contribution is 5.76. The van der Waals surface area contributed by atoms with Gasteiger partial charge in [-0.05, 0) is 19.4 Å². The van der Waals surface area contributed by atoms with Gasteiger partial charge >= 0.3 is 0 Å². The third kappa shape index (κ3) is 7.53. The Bertz CT molecular complexity index is 192. The molecule has 0 rings (SSSR count). The number of hydrogen-bond donors (Lipinski definition) is 2. The van der Waals surface area contributed by atoms with Crippen molar-refractivity contribution in [1.29, 1.82) is 0 Å². The maximum absolute atomic E-state index is 12.1. The van der Waals surface area contributed by atoms with Gasteiger partial charge in [0, 0.05) is 13.0 Å². The Morgan fingerprint density at radius 3 is 2.50 bits per heavy atom. The van der Waals surface area contributed by atoms with Gasteiger partial charge < -0.3 is 15.7 Å². The predicted molar refractivity (Wildman–Crippen MR) is 57.2 cm³/mol. The third-order valence-electron chi connectivity index (χ3n) is 2.18. The SMILES string of the molecule is NCCCCCC(=O)N(CCO)CC(F)F. The molecule has 0 aliphatic rings. The summed E-state index contributed by atoms with van der Waals surface area (Å²) in [4.78, 5) is 12.5. The molecule has 0 heterocycles. The lowest BCUT2D eigenvalue weighted by atomic mass is 10.2. The monoisotopic (exact) mass is 238 g/mol.